The Bertz CT molecular complexity index is 255. The smallest absolute Gasteiger partial charge is 0.308 e. The molecule has 0 bridgehead atoms. The maximum absolute atomic E-state index is 10.8. The van der Waals surface area contributed by atoms with Crippen molar-refractivity contribution >= 4 is 29.2 Å². The second kappa shape index (κ2) is 5.01. The molecule has 0 aromatic carbocycles. The topological polar surface area (TPSA) is 40.5 Å². The number of rotatable bonds is 3. The molecule has 0 aliphatic carbocycles. The van der Waals surface area contributed by atoms with Crippen molar-refractivity contribution in [2.75, 3.05) is 13.1 Å². The van der Waals surface area contributed by atoms with Crippen LogP contribution in [0.2, 0.25) is 0 Å². The van der Waals surface area contributed by atoms with Crippen LogP contribution in [0, 0.1) is 5.92 Å². The van der Waals surface area contributed by atoms with Gasteiger partial charge in [-0.3, -0.25) is 9.69 Å². The summed E-state index contributed by atoms with van der Waals surface area (Å²) < 4.78 is 0. The van der Waals surface area contributed by atoms with Crippen molar-refractivity contribution < 1.29 is 9.90 Å². The van der Waals surface area contributed by atoms with Gasteiger partial charge in [-0.15, -0.1) is 0 Å². The van der Waals surface area contributed by atoms with E-state index in [4.69, 9.17) is 28.3 Å². The molecule has 1 aliphatic rings. The van der Waals surface area contributed by atoms with Crippen LogP contribution in [0.15, 0.2) is 10.6 Å². The van der Waals surface area contributed by atoms with Gasteiger partial charge in [-0.05, 0) is 19.9 Å². The van der Waals surface area contributed by atoms with Crippen LogP contribution in [0.4, 0.5) is 0 Å². The minimum atomic E-state index is -0.731. The Kier molecular flexibility index (Phi) is 4.23. The molecule has 5 heteroatoms. The lowest BCUT2D eigenvalue weighted by Gasteiger charge is -2.22. The third-order valence-electron chi connectivity index (χ3n) is 2.68. The van der Waals surface area contributed by atoms with Crippen LogP contribution < -0.4 is 0 Å². The molecule has 14 heavy (non-hydrogen) atoms. The highest BCUT2D eigenvalue weighted by Gasteiger charge is 2.35. The Morgan fingerprint density at radius 1 is 1.71 bits per heavy atom. The predicted octanol–water partition coefficient (Wildman–Crippen LogP) is 2.10. The number of hydrogen-bond acceptors (Lipinski definition) is 2. The van der Waals surface area contributed by atoms with Crippen LogP contribution in [0.25, 0.3) is 0 Å². The van der Waals surface area contributed by atoms with Crippen molar-refractivity contribution in [1.29, 1.82) is 0 Å². The molecule has 1 fully saturated rings. The summed E-state index contributed by atoms with van der Waals surface area (Å²) in [7, 11) is 0. The van der Waals surface area contributed by atoms with Gasteiger partial charge in [-0.25, -0.2) is 0 Å². The second-order valence-corrected chi connectivity index (χ2v) is 4.20. The Hall–Kier alpha value is -0.250. The molecule has 3 nitrogen and oxygen atoms in total. The number of halogens is 2. The highest BCUT2D eigenvalue weighted by atomic mass is 35.5. The summed E-state index contributed by atoms with van der Waals surface area (Å²) in [5, 5.41) is 9.44. The van der Waals surface area contributed by atoms with E-state index in [2.05, 4.69) is 0 Å². The Morgan fingerprint density at radius 3 is 2.79 bits per heavy atom. The summed E-state index contributed by atoms with van der Waals surface area (Å²) >= 11 is 11.2. The SMILES string of the molecule is CC1C(C(=O)O)CCN1CC(Cl)=CCl. The fourth-order valence-corrected chi connectivity index (χ4v) is 2.01. The minimum Gasteiger partial charge on any atom is -0.481 e. The number of carbonyl (C=O) groups is 1. The van der Waals surface area contributed by atoms with E-state index in [1.165, 1.54) is 5.54 Å². The summed E-state index contributed by atoms with van der Waals surface area (Å²) in [4.78, 5) is 12.8. The molecule has 2 atom stereocenters. The third kappa shape index (κ3) is 2.62. The molecule has 0 aromatic heterocycles. The van der Waals surface area contributed by atoms with Crippen LogP contribution in [0.1, 0.15) is 13.3 Å². The zero-order valence-corrected chi connectivity index (χ0v) is 9.42. The van der Waals surface area contributed by atoms with E-state index in [-0.39, 0.29) is 12.0 Å². The number of hydrogen-bond donors (Lipinski definition) is 1. The first-order valence-electron chi connectivity index (χ1n) is 4.48. The van der Waals surface area contributed by atoms with E-state index in [1.807, 2.05) is 11.8 Å². The minimum absolute atomic E-state index is 0.0258. The summed E-state index contributed by atoms with van der Waals surface area (Å²) in [5.74, 6) is -1.01. The lowest BCUT2D eigenvalue weighted by Crippen LogP contribution is -2.33. The molecule has 1 saturated heterocycles. The van der Waals surface area contributed by atoms with Gasteiger partial charge in [-0.2, -0.15) is 0 Å². The van der Waals surface area contributed by atoms with Gasteiger partial charge in [0.05, 0.1) is 5.92 Å². The number of carboxylic acids is 1. The van der Waals surface area contributed by atoms with Crippen molar-refractivity contribution in [2.45, 2.75) is 19.4 Å². The molecule has 1 N–H and O–H groups in total. The van der Waals surface area contributed by atoms with Gasteiger partial charge in [0.1, 0.15) is 0 Å². The van der Waals surface area contributed by atoms with Crippen LogP contribution >= 0.6 is 23.2 Å². The molecular weight excluding hydrogens is 225 g/mol. The summed E-state index contributed by atoms with van der Waals surface area (Å²) in [6.45, 7) is 3.21. The number of nitrogens with zero attached hydrogens (tertiary/aromatic N) is 1. The average molecular weight is 238 g/mol. The van der Waals surface area contributed by atoms with Crippen molar-refractivity contribution in [1.82, 2.24) is 4.90 Å². The van der Waals surface area contributed by atoms with E-state index in [1.54, 1.807) is 0 Å². The molecule has 2 unspecified atom stereocenters. The molecule has 1 heterocycles. The zero-order valence-electron chi connectivity index (χ0n) is 7.91. The van der Waals surface area contributed by atoms with Crippen molar-refractivity contribution in [3.05, 3.63) is 10.6 Å². The number of likely N-dealkylation sites (tertiary alicyclic amines) is 1. The normalized spacial score (nSPS) is 29.5. The summed E-state index contributed by atoms with van der Waals surface area (Å²) in [6.07, 6.45) is 0.683. The van der Waals surface area contributed by atoms with Gasteiger partial charge >= 0.3 is 5.97 Å². The van der Waals surface area contributed by atoms with E-state index in [0.29, 0.717) is 18.0 Å². The van der Waals surface area contributed by atoms with Gasteiger partial charge in [-0.1, -0.05) is 23.2 Å². The maximum Gasteiger partial charge on any atom is 0.308 e. The molecule has 0 saturated carbocycles. The molecule has 0 radical (unpaired) electrons. The quantitative estimate of drug-likeness (QED) is 0.818. The third-order valence-corrected chi connectivity index (χ3v) is 3.28. The molecule has 0 aromatic rings. The first-order valence-corrected chi connectivity index (χ1v) is 5.29. The summed E-state index contributed by atoms with van der Waals surface area (Å²) in [6, 6.07) is 0.0258. The van der Waals surface area contributed by atoms with Gasteiger partial charge in [0.2, 0.25) is 0 Å². The molecule has 0 amide bonds. The van der Waals surface area contributed by atoms with Crippen LogP contribution in [0.3, 0.4) is 0 Å². The van der Waals surface area contributed by atoms with Crippen molar-refractivity contribution in [2.24, 2.45) is 5.92 Å². The van der Waals surface area contributed by atoms with Crippen molar-refractivity contribution in [3.8, 4) is 0 Å². The van der Waals surface area contributed by atoms with Crippen LogP contribution in [-0.4, -0.2) is 35.1 Å². The van der Waals surface area contributed by atoms with Gasteiger partial charge in [0.15, 0.2) is 0 Å². The van der Waals surface area contributed by atoms with E-state index < -0.39 is 5.97 Å². The van der Waals surface area contributed by atoms with Crippen LogP contribution in [0.5, 0.6) is 0 Å². The highest BCUT2D eigenvalue weighted by Crippen LogP contribution is 2.25. The fraction of sp³-hybridized carbons (Fsp3) is 0.667. The zero-order chi connectivity index (χ0) is 10.7. The lowest BCUT2D eigenvalue weighted by molar-refractivity contribution is -0.142. The molecular formula is C9H13Cl2NO2. The Morgan fingerprint density at radius 2 is 2.36 bits per heavy atom. The van der Waals surface area contributed by atoms with E-state index in [9.17, 15) is 4.79 Å². The second-order valence-electron chi connectivity index (χ2n) is 3.50. The first kappa shape index (κ1) is 11.8. The number of carboxylic acid groups (broad SMARTS) is 1. The monoisotopic (exact) mass is 237 g/mol. The average Bonchev–Trinajstić information content (AvgIpc) is 2.48. The van der Waals surface area contributed by atoms with E-state index in [0.717, 1.165) is 6.54 Å². The summed E-state index contributed by atoms with van der Waals surface area (Å²) in [5.41, 5.74) is 1.32. The molecule has 80 valence electrons. The van der Waals surface area contributed by atoms with E-state index >= 15 is 0 Å². The van der Waals surface area contributed by atoms with Crippen LogP contribution in [-0.2, 0) is 4.79 Å². The predicted molar refractivity (Wildman–Crippen MR) is 56.6 cm³/mol. The largest absolute Gasteiger partial charge is 0.481 e. The standard InChI is InChI=1S/C9H13Cl2NO2/c1-6-8(9(13)14)2-3-12(6)5-7(11)4-10/h4,6,8H,2-3,5H2,1H3,(H,13,14). The molecule has 1 aliphatic heterocycles. The Balaban J connectivity index is 2.55. The van der Waals surface area contributed by atoms with Gasteiger partial charge in [0.25, 0.3) is 0 Å². The lowest BCUT2D eigenvalue weighted by atomic mass is 10.0. The first-order chi connectivity index (χ1) is 6.56. The Labute approximate surface area is 93.3 Å². The van der Waals surface area contributed by atoms with Crippen molar-refractivity contribution in [3.63, 3.8) is 0 Å². The molecule has 0 spiro atoms. The van der Waals surface area contributed by atoms with Gasteiger partial charge < -0.3 is 5.11 Å². The highest BCUT2D eigenvalue weighted by molar-refractivity contribution is 6.36. The van der Waals surface area contributed by atoms with Gasteiger partial charge in [0, 0.05) is 23.2 Å². The number of aliphatic carboxylic acids is 1. The maximum atomic E-state index is 10.8. The molecule has 1 rings (SSSR count). The fourth-order valence-electron chi connectivity index (χ4n) is 1.79.